The largest absolute Gasteiger partial charge is 0.506 e. The average Bonchev–Trinajstić information content (AvgIpc) is 2.97. The van der Waals surface area contributed by atoms with E-state index in [9.17, 15) is 9.90 Å². The molecule has 10 nitrogen and oxygen atoms in total. The first-order chi connectivity index (χ1) is 20.7. The van der Waals surface area contributed by atoms with Crippen molar-refractivity contribution in [1.82, 2.24) is 0 Å². The van der Waals surface area contributed by atoms with Gasteiger partial charge in [0.15, 0.2) is 0 Å². The summed E-state index contributed by atoms with van der Waals surface area (Å²) in [6.07, 6.45) is 1.61. The number of nitrogens with zero attached hydrogens (tertiary/aromatic N) is 2. The normalized spacial score (nSPS) is 21.9. The maximum absolute atomic E-state index is 13.0. The van der Waals surface area contributed by atoms with E-state index in [1.807, 2.05) is 48.5 Å². The van der Waals surface area contributed by atoms with Crippen LogP contribution >= 0.6 is 12.4 Å². The highest BCUT2D eigenvalue weighted by Gasteiger charge is 2.26. The van der Waals surface area contributed by atoms with Crippen LogP contribution in [0, 0.1) is 0 Å². The highest BCUT2D eigenvalue weighted by atomic mass is 35.5. The molecule has 2 heterocycles. The van der Waals surface area contributed by atoms with Gasteiger partial charge < -0.3 is 48.5 Å². The molecule has 11 heteroatoms. The third-order valence-corrected chi connectivity index (χ3v) is 8.24. The Morgan fingerprint density at radius 3 is 1.77 bits per heavy atom. The number of anilines is 5. The number of rotatable bonds is 6. The molecule has 2 fully saturated rings. The Balaban J connectivity index is 0.00000384. The van der Waals surface area contributed by atoms with Crippen molar-refractivity contribution in [2.75, 3.05) is 46.6 Å². The molecule has 1 amide bonds. The summed E-state index contributed by atoms with van der Waals surface area (Å²) in [5, 5.41) is 18.6. The van der Waals surface area contributed by atoms with Crippen molar-refractivity contribution in [1.29, 1.82) is 0 Å². The number of carbonyl (C=O) groups excluding carboxylic acids is 1. The van der Waals surface area contributed by atoms with Crippen molar-refractivity contribution in [3.63, 3.8) is 0 Å². The second-order valence-electron chi connectivity index (χ2n) is 11.9. The fraction of sp³-hybridized carbons (Fsp3) is 0.303. The number of hydrogen-bond acceptors (Lipinski definition) is 9. The Labute approximate surface area is 263 Å². The highest BCUT2D eigenvalue weighted by molar-refractivity contribution is 6.09. The van der Waals surface area contributed by atoms with Crippen LogP contribution in [-0.4, -0.2) is 61.4 Å². The molecule has 4 atom stereocenters. The number of hydrogen-bond donors (Lipinski definition) is 7. The SMILES string of the molecule is Cl.N[C@@H]1C[C@H](N)CN(c2cc(Nc3ccc(NC(=O)c4ccc5ccccc5c4O)cc3)cc(N3C[C@H](N)C[C@H](N)C3)c2)C1. The molecule has 6 rings (SSSR count). The van der Waals surface area contributed by atoms with Crippen molar-refractivity contribution in [2.45, 2.75) is 37.0 Å². The summed E-state index contributed by atoms with van der Waals surface area (Å²) < 4.78 is 0. The van der Waals surface area contributed by atoms with Crippen molar-refractivity contribution in [3.05, 3.63) is 84.4 Å². The first kappa shape index (κ1) is 31.4. The van der Waals surface area contributed by atoms with E-state index < -0.39 is 0 Å². The Bertz CT molecular complexity index is 1550. The molecule has 0 spiro atoms. The van der Waals surface area contributed by atoms with Gasteiger partial charge in [-0.2, -0.15) is 0 Å². The minimum absolute atomic E-state index is 0. The number of phenols is 1. The van der Waals surface area contributed by atoms with E-state index in [4.69, 9.17) is 22.9 Å². The fourth-order valence-corrected chi connectivity index (χ4v) is 6.25. The van der Waals surface area contributed by atoms with Crippen LogP contribution in [0.15, 0.2) is 78.9 Å². The lowest BCUT2D eigenvalue weighted by molar-refractivity contribution is 0.102. The van der Waals surface area contributed by atoms with Crippen LogP contribution in [0.3, 0.4) is 0 Å². The zero-order chi connectivity index (χ0) is 30.1. The summed E-state index contributed by atoms with van der Waals surface area (Å²) in [6, 6.07) is 24.8. The first-order valence-electron chi connectivity index (χ1n) is 14.8. The Hall–Kier alpha value is -4.06. The number of phenolic OH excluding ortho intramolecular Hbond substituents is 1. The van der Waals surface area contributed by atoms with E-state index in [1.165, 1.54) is 0 Å². The van der Waals surface area contributed by atoms with E-state index in [-0.39, 0.29) is 53.8 Å². The van der Waals surface area contributed by atoms with Gasteiger partial charge >= 0.3 is 0 Å². The number of piperidine rings is 2. The third kappa shape index (κ3) is 7.01. The topological polar surface area (TPSA) is 172 Å². The number of carbonyl (C=O) groups is 1. The second-order valence-corrected chi connectivity index (χ2v) is 11.9. The summed E-state index contributed by atoms with van der Waals surface area (Å²) in [5.74, 6) is -0.409. The van der Waals surface area contributed by atoms with E-state index in [2.05, 4.69) is 38.6 Å². The molecule has 0 aliphatic carbocycles. The van der Waals surface area contributed by atoms with E-state index >= 15 is 0 Å². The predicted molar refractivity (Wildman–Crippen MR) is 183 cm³/mol. The van der Waals surface area contributed by atoms with E-state index in [0.717, 1.165) is 67.2 Å². The summed E-state index contributed by atoms with van der Waals surface area (Å²) in [6.45, 7) is 2.93. The zero-order valence-corrected chi connectivity index (χ0v) is 25.3. The highest BCUT2D eigenvalue weighted by Crippen LogP contribution is 2.33. The van der Waals surface area contributed by atoms with Crippen molar-refractivity contribution < 1.29 is 9.90 Å². The molecule has 2 saturated heterocycles. The predicted octanol–water partition coefficient (Wildman–Crippen LogP) is 3.69. The lowest BCUT2D eigenvalue weighted by Gasteiger charge is -2.39. The number of fused-ring (bicyclic) bond motifs is 1. The Morgan fingerprint density at radius 2 is 1.20 bits per heavy atom. The quantitative estimate of drug-likeness (QED) is 0.171. The lowest BCUT2D eigenvalue weighted by atomic mass is 10.00. The molecular formula is C33H41ClN8O2. The van der Waals surface area contributed by atoms with Gasteiger partial charge in [0.1, 0.15) is 5.75 Å². The summed E-state index contributed by atoms with van der Waals surface area (Å²) in [5.41, 5.74) is 30.0. The average molecular weight is 617 g/mol. The molecule has 44 heavy (non-hydrogen) atoms. The lowest BCUT2D eigenvalue weighted by Crippen LogP contribution is -2.53. The van der Waals surface area contributed by atoms with Gasteiger partial charge in [0, 0.05) is 84.2 Å². The molecular weight excluding hydrogens is 576 g/mol. The van der Waals surface area contributed by atoms with E-state index in [1.54, 1.807) is 12.1 Å². The molecule has 0 saturated carbocycles. The number of halogens is 1. The molecule has 4 aromatic rings. The van der Waals surface area contributed by atoms with Crippen molar-refractivity contribution in [2.24, 2.45) is 22.9 Å². The molecule has 0 radical (unpaired) electrons. The van der Waals surface area contributed by atoms with Gasteiger partial charge in [-0.25, -0.2) is 0 Å². The van der Waals surface area contributed by atoms with Gasteiger partial charge in [-0.3, -0.25) is 4.79 Å². The third-order valence-electron chi connectivity index (χ3n) is 8.24. The van der Waals surface area contributed by atoms with Gasteiger partial charge in [0.05, 0.1) is 5.56 Å². The second kappa shape index (κ2) is 13.3. The number of benzene rings is 4. The molecule has 2 aliphatic heterocycles. The fourth-order valence-electron chi connectivity index (χ4n) is 6.25. The van der Waals surface area contributed by atoms with Crippen molar-refractivity contribution >= 4 is 57.5 Å². The van der Waals surface area contributed by atoms with Gasteiger partial charge in [-0.05, 0) is 66.8 Å². The minimum Gasteiger partial charge on any atom is -0.506 e. The molecule has 0 bridgehead atoms. The van der Waals surface area contributed by atoms with Gasteiger partial charge in [-0.1, -0.05) is 30.3 Å². The molecule has 4 aromatic carbocycles. The van der Waals surface area contributed by atoms with Crippen molar-refractivity contribution in [3.8, 4) is 5.75 Å². The number of nitrogens with one attached hydrogen (secondary N) is 2. The van der Waals surface area contributed by atoms with Gasteiger partial charge in [0.2, 0.25) is 0 Å². The molecule has 11 N–H and O–H groups in total. The van der Waals surface area contributed by atoms with Crippen LogP contribution in [0.1, 0.15) is 23.2 Å². The number of nitrogens with two attached hydrogens (primary N) is 4. The van der Waals surface area contributed by atoms with Crippen LogP contribution < -0.4 is 43.4 Å². The minimum atomic E-state index is -0.378. The van der Waals surface area contributed by atoms with Gasteiger partial charge in [-0.15, -0.1) is 12.4 Å². The summed E-state index contributed by atoms with van der Waals surface area (Å²) in [4.78, 5) is 17.5. The van der Waals surface area contributed by atoms with Crippen LogP contribution in [0.4, 0.5) is 28.4 Å². The molecule has 232 valence electrons. The van der Waals surface area contributed by atoms with Crippen LogP contribution in [0.25, 0.3) is 10.8 Å². The Kier molecular flexibility index (Phi) is 9.48. The first-order valence-corrected chi connectivity index (χ1v) is 14.8. The maximum atomic E-state index is 13.0. The smallest absolute Gasteiger partial charge is 0.259 e. The molecule has 0 aromatic heterocycles. The summed E-state index contributed by atoms with van der Waals surface area (Å²) >= 11 is 0. The molecule has 0 unspecified atom stereocenters. The number of amides is 1. The van der Waals surface area contributed by atoms with Crippen LogP contribution in [-0.2, 0) is 0 Å². The number of aromatic hydroxyl groups is 1. The van der Waals surface area contributed by atoms with Gasteiger partial charge in [0.25, 0.3) is 5.91 Å². The van der Waals surface area contributed by atoms with E-state index in [0.29, 0.717) is 11.1 Å². The monoisotopic (exact) mass is 616 g/mol. The Morgan fingerprint density at radius 1 is 0.682 bits per heavy atom. The maximum Gasteiger partial charge on any atom is 0.259 e. The standard InChI is InChI=1S/C33H40N8O2.ClH/c34-21-11-22(35)17-40(16-21)28-13-27(14-29(15-28)41-18-23(36)12-24(37)19-41)38-25-6-8-26(9-7-25)39-33(43)31-10-5-20-3-1-2-4-30(20)32(31)42;/h1-10,13-15,21-24,38,42H,11-12,16-19,34-37H2,(H,39,43);1H/t21-,22+,23-,24+;. The zero-order valence-electron chi connectivity index (χ0n) is 24.5. The molecule has 2 aliphatic rings. The summed E-state index contributed by atoms with van der Waals surface area (Å²) in [7, 11) is 0. The van der Waals surface area contributed by atoms with Crippen LogP contribution in [0.5, 0.6) is 5.75 Å². The van der Waals surface area contributed by atoms with Crippen LogP contribution in [0.2, 0.25) is 0 Å².